The molecule has 2 unspecified atom stereocenters. The van der Waals surface area contributed by atoms with Crippen molar-refractivity contribution in [2.75, 3.05) is 14.1 Å². The zero-order valence-electron chi connectivity index (χ0n) is 31.0. The zero-order chi connectivity index (χ0) is 32.0. The molecule has 2 nitrogen and oxygen atoms in total. The van der Waals surface area contributed by atoms with Gasteiger partial charge in [-0.15, -0.1) is 0 Å². The lowest BCUT2D eigenvalue weighted by Gasteiger charge is -2.42. The van der Waals surface area contributed by atoms with Crippen LogP contribution in [0, 0.1) is 20.8 Å². The van der Waals surface area contributed by atoms with E-state index in [9.17, 15) is 0 Å². The maximum atomic E-state index is 4.02. The van der Waals surface area contributed by atoms with E-state index in [1.165, 1.54) is 165 Å². The molecule has 0 spiro atoms. The zero-order valence-corrected chi connectivity index (χ0v) is 31.0. The minimum Gasteiger partial charge on any atom is -0.310 e. The summed E-state index contributed by atoms with van der Waals surface area (Å²) in [7, 11) is 4.53. The van der Waals surface area contributed by atoms with Gasteiger partial charge in [-0.2, -0.15) is 0 Å². The largest absolute Gasteiger partial charge is 0.310 e. The highest BCUT2D eigenvalue weighted by atomic mass is 15.0. The number of aryl methyl sites for hydroxylation is 2. The Kier molecular flexibility index (Phi) is 21.9. The first-order valence-electron chi connectivity index (χ1n) is 19.3. The molecule has 1 aromatic rings. The molecule has 252 valence electrons. The summed E-state index contributed by atoms with van der Waals surface area (Å²) in [5.41, 5.74) is 8.00. The molecule has 2 heteroatoms. The molecule has 1 rings (SSSR count). The molecule has 1 aromatic carbocycles. The second-order valence-electron chi connectivity index (χ2n) is 14.2. The monoisotopic (exact) mass is 599 g/mol. The van der Waals surface area contributed by atoms with Gasteiger partial charge in [-0.25, -0.2) is 0 Å². The Morgan fingerprint density at radius 1 is 0.419 bits per heavy atom. The molecule has 0 aliphatic heterocycles. The third kappa shape index (κ3) is 13.2. The first kappa shape index (κ1) is 40.2. The van der Waals surface area contributed by atoms with Crippen molar-refractivity contribution in [3.8, 4) is 0 Å². The molecular weight excluding hydrogens is 520 g/mol. The molecule has 0 aromatic heterocycles. The van der Waals surface area contributed by atoms with E-state index in [2.05, 4.69) is 79.3 Å². The van der Waals surface area contributed by atoms with E-state index < -0.39 is 0 Å². The van der Waals surface area contributed by atoms with Gasteiger partial charge in [-0.3, -0.25) is 0 Å². The van der Waals surface area contributed by atoms with Gasteiger partial charge in [0.2, 0.25) is 0 Å². The van der Waals surface area contributed by atoms with E-state index in [1.807, 2.05) is 0 Å². The molecule has 0 aliphatic rings. The van der Waals surface area contributed by atoms with E-state index in [0.29, 0.717) is 0 Å². The molecule has 0 saturated heterocycles. The van der Waals surface area contributed by atoms with Crippen LogP contribution in [0.2, 0.25) is 0 Å². The highest BCUT2D eigenvalue weighted by Crippen LogP contribution is 2.44. The number of nitrogens with one attached hydrogen (secondary N) is 2. The fraction of sp³-hybridized carbons (Fsp3) is 0.854. The Hall–Kier alpha value is -0.860. The van der Waals surface area contributed by atoms with Crippen molar-refractivity contribution in [2.24, 2.45) is 0 Å². The van der Waals surface area contributed by atoms with Crippen molar-refractivity contribution in [3.05, 3.63) is 33.9 Å². The Morgan fingerprint density at radius 3 is 0.953 bits per heavy atom. The highest BCUT2D eigenvalue weighted by molar-refractivity contribution is 5.51. The third-order valence-electron chi connectivity index (χ3n) is 10.7. The van der Waals surface area contributed by atoms with E-state index in [0.717, 1.165) is 0 Å². The summed E-state index contributed by atoms with van der Waals surface area (Å²) in [5.74, 6) is 0. The fourth-order valence-corrected chi connectivity index (χ4v) is 8.28. The van der Waals surface area contributed by atoms with Crippen LogP contribution in [0.4, 0.5) is 0 Å². The van der Waals surface area contributed by atoms with Gasteiger partial charge >= 0.3 is 0 Å². The standard InChI is InChI=1S/C41H78N2/c1-10-14-18-22-24-28-32-40(42-8,30-26-20-16-12-3)38-35(5)34-36(6)39(37(38)7)41(43-9,31-27-21-17-13-4)33-29-25-23-19-15-11-2/h34,42-43H,10-33H2,1-9H3. The van der Waals surface area contributed by atoms with Crippen molar-refractivity contribution < 1.29 is 0 Å². The quantitative estimate of drug-likeness (QED) is 0.0937. The van der Waals surface area contributed by atoms with Gasteiger partial charge in [0, 0.05) is 11.1 Å². The van der Waals surface area contributed by atoms with E-state index >= 15 is 0 Å². The average molecular weight is 599 g/mol. The minimum absolute atomic E-state index is 0.0664. The Bertz CT molecular complexity index is 765. The smallest absolute Gasteiger partial charge is 0.0437 e. The summed E-state index contributed by atoms with van der Waals surface area (Å²) in [4.78, 5) is 0. The van der Waals surface area contributed by atoms with Crippen LogP contribution in [-0.2, 0) is 11.1 Å². The molecule has 0 aliphatic carbocycles. The highest BCUT2D eigenvalue weighted by Gasteiger charge is 2.38. The van der Waals surface area contributed by atoms with Gasteiger partial charge in [-0.1, -0.05) is 162 Å². The van der Waals surface area contributed by atoms with Crippen molar-refractivity contribution in [1.29, 1.82) is 0 Å². The second kappa shape index (κ2) is 23.5. The van der Waals surface area contributed by atoms with Gasteiger partial charge in [-0.05, 0) is 88.4 Å². The maximum absolute atomic E-state index is 4.02. The van der Waals surface area contributed by atoms with E-state index in [4.69, 9.17) is 0 Å². The lowest BCUT2D eigenvalue weighted by Crippen LogP contribution is -2.45. The summed E-state index contributed by atoms with van der Waals surface area (Å²) < 4.78 is 0. The number of hydrogen-bond acceptors (Lipinski definition) is 2. The molecule has 0 heterocycles. The molecular formula is C41H78N2. The van der Waals surface area contributed by atoms with Crippen LogP contribution in [-0.4, -0.2) is 14.1 Å². The topological polar surface area (TPSA) is 24.1 Å². The predicted octanol–water partition coefficient (Wildman–Crippen LogP) is 12.9. The van der Waals surface area contributed by atoms with Crippen LogP contribution in [0.25, 0.3) is 0 Å². The minimum atomic E-state index is 0.0664. The number of rotatable bonds is 28. The molecule has 0 amide bonds. The molecule has 43 heavy (non-hydrogen) atoms. The lowest BCUT2D eigenvalue weighted by atomic mass is 9.70. The number of benzene rings is 1. The van der Waals surface area contributed by atoms with Crippen molar-refractivity contribution >= 4 is 0 Å². The molecule has 0 bridgehead atoms. The Balaban J connectivity index is 3.56. The van der Waals surface area contributed by atoms with Crippen LogP contribution in [0.5, 0.6) is 0 Å². The van der Waals surface area contributed by atoms with Gasteiger partial charge < -0.3 is 10.6 Å². The second-order valence-corrected chi connectivity index (χ2v) is 14.2. The molecule has 0 fully saturated rings. The van der Waals surface area contributed by atoms with Crippen LogP contribution in [0.15, 0.2) is 6.07 Å². The predicted molar refractivity (Wildman–Crippen MR) is 196 cm³/mol. The summed E-state index contributed by atoms with van der Waals surface area (Å²) in [6, 6.07) is 2.57. The van der Waals surface area contributed by atoms with Gasteiger partial charge in [0.1, 0.15) is 0 Å². The van der Waals surface area contributed by atoms with Crippen molar-refractivity contribution in [3.63, 3.8) is 0 Å². The maximum Gasteiger partial charge on any atom is 0.0437 e. The number of hydrogen-bond donors (Lipinski definition) is 2. The normalized spacial score (nSPS) is 14.6. The van der Waals surface area contributed by atoms with Gasteiger partial charge in [0.05, 0.1) is 0 Å². The van der Waals surface area contributed by atoms with Gasteiger partial charge in [0.15, 0.2) is 0 Å². The Morgan fingerprint density at radius 2 is 0.674 bits per heavy atom. The van der Waals surface area contributed by atoms with Crippen LogP contribution in [0.1, 0.15) is 210 Å². The van der Waals surface area contributed by atoms with Crippen LogP contribution >= 0.6 is 0 Å². The van der Waals surface area contributed by atoms with E-state index in [-0.39, 0.29) is 11.1 Å². The number of unbranched alkanes of at least 4 members (excludes halogenated alkanes) is 16. The third-order valence-corrected chi connectivity index (χ3v) is 10.7. The van der Waals surface area contributed by atoms with Crippen molar-refractivity contribution in [2.45, 2.75) is 214 Å². The summed E-state index contributed by atoms with van der Waals surface area (Å²) in [6.45, 7) is 16.6. The van der Waals surface area contributed by atoms with E-state index in [1.54, 1.807) is 16.7 Å². The average Bonchev–Trinajstić information content (AvgIpc) is 2.99. The summed E-state index contributed by atoms with van der Waals surface area (Å²) in [5, 5.41) is 8.04. The molecule has 0 saturated carbocycles. The summed E-state index contributed by atoms with van der Waals surface area (Å²) >= 11 is 0. The SMILES string of the molecule is CCCCCCCCC(CCCCCC)(NC)c1c(C)cc(C)c(C(CCCCCC)(CCCCCCCC)NC)c1C. The van der Waals surface area contributed by atoms with Crippen LogP contribution in [0.3, 0.4) is 0 Å². The summed E-state index contributed by atoms with van der Waals surface area (Å²) in [6.07, 6.45) is 32.0. The van der Waals surface area contributed by atoms with Crippen molar-refractivity contribution in [1.82, 2.24) is 10.6 Å². The fourth-order valence-electron chi connectivity index (χ4n) is 8.28. The van der Waals surface area contributed by atoms with Crippen LogP contribution < -0.4 is 10.6 Å². The first-order chi connectivity index (χ1) is 20.8. The lowest BCUT2D eigenvalue weighted by molar-refractivity contribution is 0.270. The molecule has 2 atom stereocenters. The Labute approximate surface area is 271 Å². The first-order valence-corrected chi connectivity index (χ1v) is 19.3. The molecule has 0 radical (unpaired) electrons. The van der Waals surface area contributed by atoms with Gasteiger partial charge in [0.25, 0.3) is 0 Å². The molecule has 2 N–H and O–H groups in total.